The molecule has 0 radical (unpaired) electrons. The number of carbonyl (C=O) groups excluding carboxylic acids is 3. The minimum Gasteiger partial charge on any atom is -0.462 e. The lowest BCUT2D eigenvalue weighted by atomic mass is 10.2. The van der Waals surface area contributed by atoms with Crippen molar-refractivity contribution in [3.8, 4) is 6.01 Å². The van der Waals surface area contributed by atoms with Crippen LogP contribution in [0.25, 0.3) is 10.9 Å². The number of carbonyl (C=O) groups is 3. The number of piperazine rings is 1. The molecule has 3 heterocycles. The molecular formula is C22H25N5O5. The van der Waals surface area contributed by atoms with Crippen molar-refractivity contribution in [1.29, 1.82) is 0 Å². The molecule has 0 bridgehead atoms. The molecule has 32 heavy (non-hydrogen) atoms. The van der Waals surface area contributed by atoms with Crippen LogP contribution in [0.5, 0.6) is 6.01 Å². The van der Waals surface area contributed by atoms with Crippen molar-refractivity contribution in [2.75, 3.05) is 44.6 Å². The second kappa shape index (κ2) is 9.73. The summed E-state index contributed by atoms with van der Waals surface area (Å²) < 4.78 is 10.8. The quantitative estimate of drug-likeness (QED) is 0.502. The lowest BCUT2D eigenvalue weighted by Gasteiger charge is -2.35. The predicted molar refractivity (Wildman–Crippen MR) is 116 cm³/mol. The Morgan fingerprint density at radius 1 is 1.28 bits per heavy atom. The Hall–Kier alpha value is -3.53. The first-order valence-electron chi connectivity index (χ1n) is 10.6. The van der Waals surface area contributed by atoms with E-state index in [-0.39, 0.29) is 23.8 Å². The summed E-state index contributed by atoms with van der Waals surface area (Å²) in [5.74, 6) is -0.670. The van der Waals surface area contributed by atoms with Gasteiger partial charge in [0.05, 0.1) is 5.52 Å². The summed E-state index contributed by atoms with van der Waals surface area (Å²) in [5, 5.41) is 3.49. The third-order valence-electron chi connectivity index (χ3n) is 5.49. The van der Waals surface area contributed by atoms with E-state index < -0.39 is 6.10 Å². The van der Waals surface area contributed by atoms with Gasteiger partial charge >= 0.3 is 12.0 Å². The molecule has 10 nitrogen and oxygen atoms in total. The van der Waals surface area contributed by atoms with E-state index in [2.05, 4.69) is 26.8 Å². The Kier molecular flexibility index (Phi) is 6.60. The third-order valence-corrected chi connectivity index (χ3v) is 5.49. The number of cyclic esters (lactones) is 1. The van der Waals surface area contributed by atoms with Crippen molar-refractivity contribution in [3.63, 3.8) is 0 Å². The van der Waals surface area contributed by atoms with Crippen molar-refractivity contribution < 1.29 is 23.9 Å². The van der Waals surface area contributed by atoms with Gasteiger partial charge in [-0.3, -0.25) is 19.3 Å². The molecule has 2 fully saturated rings. The van der Waals surface area contributed by atoms with E-state index in [1.54, 1.807) is 29.3 Å². The smallest absolute Gasteiger partial charge is 0.316 e. The van der Waals surface area contributed by atoms with E-state index in [9.17, 15) is 14.4 Å². The molecular weight excluding hydrogens is 414 g/mol. The summed E-state index contributed by atoms with van der Waals surface area (Å²) in [5.41, 5.74) is 1.36. The molecule has 1 N–H and O–H groups in total. The van der Waals surface area contributed by atoms with Crippen molar-refractivity contribution >= 4 is 34.4 Å². The number of nitrogens with zero attached hydrogens (tertiary/aromatic N) is 4. The highest BCUT2D eigenvalue weighted by molar-refractivity contribution is 6.00. The van der Waals surface area contributed by atoms with E-state index in [0.717, 1.165) is 18.5 Å². The van der Waals surface area contributed by atoms with E-state index in [0.29, 0.717) is 50.3 Å². The lowest BCUT2D eigenvalue weighted by Crippen LogP contribution is -2.52. The number of ether oxygens (including phenoxy) is 2. The molecule has 0 saturated carbocycles. The molecule has 4 rings (SSSR count). The first-order chi connectivity index (χ1) is 15.5. The number of hydrogen-bond donors (Lipinski definition) is 1. The van der Waals surface area contributed by atoms with Gasteiger partial charge in [-0.15, -0.1) is 0 Å². The van der Waals surface area contributed by atoms with E-state index in [4.69, 9.17) is 9.47 Å². The SMILES string of the molecule is C=CC(=O)Nc1ccc2nc(OCCN3CCN(C(=O)[C@@H]4CCC(=O)O4)CC3)ncc2c1. The fourth-order valence-corrected chi connectivity index (χ4v) is 3.72. The lowest BCUT2D eigenvalue weighted by molar-refractivity contribution is -0.153. The number of amides is 2. The Morgan fingerprint density at radius 2 is 2.09 bits per heavy atom. The van der Waals surface area contributed by atoms with Crippen LogP contribution in [0.1, 0.15) is 12.8 Å². The van der Waals surface area contributed by atoms with Gasteiger partial charge in [-0.2, -0.15) is 4.98 Å². The number of fused-ring (bicyclic) bond motifs is 1. The predicted octanol–water partition coefficient (Wildman–Crippen LogP) is 0.983. The monoisotopic (exact) mass is 439 g/mol. The molecule has 2 aliphatic heterocycles. The molecule has 1 atom stereocenters. The van der Waals surface area contributed by atoms with Crippen LogP contribution in [0.2, 0.25) is 0 Å². The van der Waals surface area contributed by atoms with E-state index in [1.165, 1.54) is 6.08 Å². The topological polar surface area (TPSA) is 114 Å². The summed E-state index contributed by atoms with van der Waals surface area (Å²) in [7, 11) is 0. The van der Waals surface area contributed by atoms with Crippen molar-refractivity contribution in [3.05, 3.63) is 37.1 Å². The van der Waals surface area contributed by atoms with Gasteiger partial charge in [0.15, 0.2) is 6.10 Å². The molecule has 2 aromatic rings. The van der Waals surface area contributed by atoms with E-state index in [1.807, 2.05) is 0 Å². The van der Waals surface area contributed by atoms with Gasteiger partial charge in [-0.25, -0.2) is 4.98 Å². The zero-order valence-corrected chi connectivity index (χ0v) is 17.7. The van der Waals surface area contributed by atoms with Gasteiger partial charge < -0.3 is 19.7 Å². The summed E-state index contributed by atoms with van der Waals surface area (Å²) in [6.07, 6.45) is 3.04. The average molecular weight is 439 g/mol. The van der Waals surface area contributed by atoms with Gasteiger partial charge in [0.2, 0.25) is 5.91 Å². The average Bonchev–Trinajstić information content (AvgIpc) is 3.25. The summed E-state index contributed by atoms with van der Waals surface area (Å²) in [6, 6.07) is 5.62. The fraction of sp³-hybridized carbons (Fsp3) is 0.409. The van der Waals surface area contributed by atoms with E-state index >= 15 is 0 Å². The minimum absolute atomic E-state index is 0.0940. The first kappa shape index (κ1) is 21.7. The second-order valence-electron chi connectivity index (χ2n) is 7.65. The van der Waals surface area contributed by atoms with Crippen LogP contribution in [0, 0.1) is 0 Å². The van der Waals surface area contributed by atoms with Crippen LogP contribution >= 0.6 is 0 Å². The highest BCUT2D eigenvalue weighted by Crippen LogP contribution is 2.19. The number of nitrogens with one attached hydrogen (secondary N) is 1. The molecule has 0 aliphatic carbocycles. The van der Waals surface area contributed by atoms with Crippen LogP contribution in [0.3, 0.4) is 0 Å². The molecule has 168 valence electrons. The zero-order valence-electron chi connectivity index (χ0n) is 17.7. The number of rotatable bonds is 7. The molecule has 2 saturated heterocycles. The summed E-state index contributed by atoms with van der Waals surface area (Å²) in [6.45, 7) is 7.21. The van der Waals surface area contributed by atoms with Crippen LogP contribution in [-0.4, -0.2) is 83.0 Å². The summed E-state index contributed by atoms with van der Waals surface area (Å²) >= 11 is 0. The minimum atomic E-state index is -0.614. The van der Waals surface area contributed by atoms with Crippen LogP contribution in [-0.2, 0) is 19.1 Å². The molecule has 1 aromatic carbocycles. The third kappa shape index (κ3) is 5.20. The molecule has 0 spiro atoms. The van der Waals surface area contributed by atoms with Crippen LogP contribution < -0.4 is 10.1 Å². The molecule has 10 heteroatoms. The largest absolute Gasteiger partial charge is 0.462 e. The Bertz CT molecular complexity index is 1030. The second-order valence-corrected chi connectivity index (χ2v) is 7.65. The van der Waals surface area contributed by atoms with Crippen molar-refractivity contribution in [2.24, 2.45) is 0 Å². The Labute approximate surface area is 185 Å². The Morgan fingerprint density at radius 3 is 2.81 bits per heavy atom. The number of esters is 1. The molecule has 0 unspecified atom stereocenters. The highest BCUT2D eigenvalue weighted by Gasteiger charge is 2.34. The van der Waals surface area contributed by atoms with Gasteiger partial charge in [0.25, 0.3) is 5.91 Å². The van der Waals surface area contributed by atoms with Crippen molar-refractivity contribution in [1.82, 2.24) is 19.8 Å². The number of aromatic nitrogens is 2. The molecule has 2 amide bonds. The number of hydrogen-bond acceptors (Lipinski definition) is 8. The normalized spacial score (nSPS) is 18.9. The van der Waals surface area contributed by atoms with Gasteiger partial charge in [0, 0.05) is 62.8 Å². The maximum atomic E-state index is 12.4. The maximum absolute atomic E-state index is 12.4. The number of benzene rings is 1. The van der Waals surface area contributed by atoms with Crippen LogP contribution in [0.15, 0.2) is 37.1 Å². The fourth-order valence-electron chi connectivity index (χ4n) is 3.72. The van der Waals surface area contributed by atoms with Crippen LogP contribution in [0.4, 0.5) is 5.69 Å². The van der Waals surface area contributed by atoms with Gasteiger partial charge in [0.1, 0.15) is 6.61 Å². The Balaban J connectivity index is 1.23. The zero-order chi connectivity index (χ0) is 22.5. The van der Waals surface area contributed by atoms with Crippen molar-refractivity contribution in [2.45, 2.75) is 18.9 Å². The number of anilines is 1. The highest BCUT2D eigenvalue weighted by atomic mass is 16.6. The molecule has 2 aliphatic rings. The van der Waals surface area contributed by atoms with Gasteiger partial charge in [-0.1, -0.05) is 6.58 Å². The first-order valence-corrected chi connectivity index (χ1v) is 10.6. The standard InChI is InChI=1S/C22H25N5O5/c1-2-19(28)24-16-3-4-17-15(13-16)14-23-22(25-17)31-12-11-26-7-9-27(10-8-26)21(30)18-5-6-20(29)32-18/h2-4,13-14,18H,1,5-12H2,(H,24,28)/t18-/m0/s1. The molecule has 1 aromatic heterocycles. The maximum Gasteiger partial charge on any atom is 0.316 e. The van der Waals surface area contributed by atoms with Gasteiger partial charge in [-0.05, 0) is 24.3 Å². The summed E-state index contributed by atoms with van der Waals surface area (Å²) in [4.78, 5) is 47.7.